The summed E-state index contributed by atoms with van der Waals surface area (Å²) in [7, 11) is 0. The molecule has 1 saturated carbocycles. The Kier molecular flexibility index (Phi) is 7.75. The van der Waals surface area contributed by atoms with E-state index in [-0.39, 0.29) is 12.4 Å². The summed E-state index contributed by atoms with van der Waals surface area (Å²) in [5.74, 6) is 0.276. The van der Waals surface area contributed by atoms with E-state index in [9.17, 15) is 4.79 Å². The van der Waals surface area contributed by atoms with Crippen molar-refractivity contribution in [1.29, 1.82) is 0 Å². The molecule has 5 nitrogen and oxygen atoms in total. The molecule has 0 radical (unpaired) electrons. The standard InChI is InChI=1S/C20H25N3O2.ClH/c24-20(22-25)11-8-16-6-9-18(10-7-16)21-19-12-13-23(15-19)14-17-4-2-1-3-5-17;/h6-13,15,17,21,25H,1-5,14H2,(H,22,24);1H. The summed E-state index contributed by atoms with van der Waals surface area (Å²) in [5, 5.41) is 11.9. The molecule has 3 rings (SSSR count). The number of hydrogen-bond acceptors (Lipinski definition) is 3. The number of benzene rings is 1. The van der Waals surface area contributed by atoms with Gasteiger partial charge in [-0.3, -0.25) is 10.0 Å². The van der Waals surface area contributed by atoms with E-state index in [1.807, 2.05) is 24.3 Å². The van der Waals surface area contributed by atoms with Crippen LogP contribution < -0.4 is 10.8 Å². The highest BCUT2D eigenvalue weighted by Gasteiger charge is 2.13. The van der Waals surface area contributed by atoms with E-state index in [4.69, 9.17) is 5.21 Å². The normalized spacial score (nSPS) is 14.8. The second-order valence-corrected chi connectivity index (χ2v) is 6.66. The summed E-state index contributed by atoms with van der Waals surface area (Å²) in [4.78, 5) is 11.0. The van der Waals surface area contributed by atoms with Crippen LogP contribution >= 0.6 is 12.4 Å². The van der Waals surface area contributed by atoms with Crippen LogP contribution in [0.3, 0.4) is 0 Å². The van der Waals surface area contributed by atoms with Gasteiger partial charge >= 0.3 is 0 Å². The molecule has 0 unspecified atom stereocenters. The highest BCUT2D eigenvalue weighted by atomic mass is 35.5. The molecule has 6 heteroatoms. The molecule has 3 N–H and O–H groups in total. The Balaban J connectivity index is 0.00000243. The first-order chi connectivity index (χ1) is 12.2. The molecule has 1 aliphatic rings. The molecule has 0 bridgehead atoms. The lowest BCUT2D eigenvalue weighted by molar-refractivity contribution is -0.124. The van der Waals surface area contributed by atoms with Crippen LogP contribution in [0, 0.1) is 5.92 Å². The van der Waals surface area contributed by atoms with Gasteiger partial charge in [0.05, 0.1) is 5.69 Å². The van der Waals surface area contributed by atoms with Gasteiger partial charge in [-0.15, -0.1) is 12.4 Å². The summed E-state index contributed by atoms with van der Waals surface area (Å²) >= 11 is 0. The molecule has 2 aromatic rings. The zero-order valence-electron chi connectivity index (χ0n) is 14.7. The van der Waals surface area contributed by atoms with Crippen LogP contribution in [0.1, 0.15) is 37.7 Å². The number of hydroxylamine groups is 1. The van der Waals surface area contributed by atoms with Crippen molar-refractivity contribution in [3.05, 3.63) is 54.4 Å². The minimum atomic E-state index is -0.540. The van der Waals surface area contributed by atoms with Gasteiger partial charge in [-0.1, -0.05) is 31.4 Å². The molecule has 1 amide bonds. The lowest BCUT2D eigenvalue weighted by Gasteiger charge is -2.21. The monoisotopic (exact) mass is 375 g/mol. The summed E-state index contributed by atoms with van der Waals surface area (Å²) in [6.07, 6.45) is 14.1. The third kappa shape index (κ3) is 5.93. The zero-order valence-corrected chi connectivity index (χ0v) is 15.5. The number of carbonyl (C=O) groups is 1. The fourth-order valence-corrected chi connectivity index (χ4v) is 3.35. The second-order valence-electron chi connectivity index (χ2n) is 6.66. The van der Waals surface area contributed by atoms with Gasteiger partial charge in [-0.05, 0) is 48.6 Å². The molecular formula is C20H26ClN3O2. The fraction of sp³-hybridized carbons (Fsp3) is 0.350. The van der Waals surface area contributed by atoms with Gasteiger partial charge in [0.15, 0.2) is 0 Å². The Morgan fingerprint density at radius 3 is 2.54 bits per heavy atom. The van der Waals surface area contributed by atoms with Crippen molar-refractivity contribution in [2.75, 3.05) is 5.32 Å². The van der Waals surface area contributed by atoms with Crippen LogP contribution in [0.25, 0.3) is 6.08 Å². The third-order valence-electron chi connectivity index (χ3n) is 4.68. The highest BCUT2D eigenvalue weighted by Crippen LogP contribution is 2.26. The first kappa shape index (κ1) is 20.1. The van der Waals surface area contributed by atoms with Crippen LogP contribution in [0.5, 0.6) is 0 Å². The van der Waals surface area contributed by atoms with E-state index >= 15 is 0 Å². The lowest BCUT2D eigenvalue weighted by atomic mass is 9.89. The number of halogens is 1. The van der Waals surface area contributed by atoms with Crippen LogP contribution in [-0.4, -0.2) is 15.7 Å². The molecule has 0 atom stereocenters. The average molecular weight is 376 g/mol. The number of rotatable bonds is 6. The molecule has 1 aromatic carbocycles. The van der Waals surface area contributed by atoms with Crippen molar-refractivity contribution < 1.29 is 10.0 Å². The summed E-state index contributed by atoms with van der Waals surface area (Å²) in [5.41, 5.74) is 4.54. The largest absolute Gasteiger partial charge is 0.354 e. The molecule has 0 spiro atoms. The van der Waals surface area contributed by atoms with Crippen molar-refractivity contribution in [2.24, 2.45) is 5.92 Å². The van der Waals surface area contributed by atoms with Crippen molar-refractivity contribution in [3.8, 4) is 0 Å². The lowest BCUT2D eigenvalue weighted by Crippen LogP contribution is -2.14. The SMILES string of the molecule is Cl.O=C(C=Cc1ccc(Nc2ccn(CC3CCCCC3)c2)cc1)NO. The van der Waals surface area contributed by atoms with Gasteiger partial charge in [0.1, 0.15) is 0 Å². The maximum absolute atomic E-state index is 11.0. The Morgan fingerprint density at radius 1 is 1.12 bits per heavy atom. The Bertz CT molecular complexity index is 719. The summed E-state index contributed by atoms with van der Waals surface area (Å²) in [6.45, 7) is 1.11. The first-order valence-electron chi connectivity index (χ1n) is 8.88. The first-order valence-corrected chi connectivity index (χ1v) is 8.88. The number of nitrogens with zero attached hydrogens (tertiary/aromatic N) is 1. The van der Waals surface area contributed by atoms with Crippen molar-refractivity contribution in [2.45, 2.75) is 38.6 Å². The molecule has 26 heavy (non-hydrogen) atoms. The quantitative estimate of drug-likeness (QED) is 0.387. The summed E-state index contributed by atoms with van der Waals surface area (Å²) in [6, 6.07) is 9.87. The fourth-order valence-electron chi connectivity index (χ4n) is 3.35. The molecule has 1 heterocycles. The molecule has 1 aliphatic carbocycles. The van der Waals surface area contributed by atoms with Gasteiger partial charge in [0.25, 0.3) is 5.91 Å². The van der Waals surface area contributed by atoms with Crippen molar-refractivity contribution in [1.82, 2.24) is 10.0 Å². The van der Waals surface area contributed by atoms with E-state index < -0.39 is 5.91 Å². The molecule has 0 aliphatic heterocycles. The van der Waals surface area contributed by atoms with Gasteiger partial charge in [-0.25, -0.2) is 5.48 Å². The number of amides is 1. The maximum Gasteiger partial charge on any atom is 0.267 e. The molecule has 1 aromatic heterocycles. The van der Waals surface area contributed by atoms with Gasteiger partial charge in [-0.2, -0.15) is 0 Å². The second kappa shape index (κ2) is 10.0. The topological polar surface area (TPSA) is 66.3 Å². The van der Waals surface area contributed by atoms with Crippen molar-refractivity contribution >= 4 is 35.8 Å². The predicted octanol–water partition coefficient (Wildman–Crippen LogP) is 4.75. The number of hydrogen-bond donors (Lipinski definition) is 3. The third-order valence-corrected chi connectivity index (χ3v) is 4.68. The van der Waals surface area contributed by atoms with Crippen LogP contribution in [0.4, 0.5) is 11.4 Å². The van der Waals surface area contributed by atoms with Gasteiger partial charge in [0.2, 0.25) is 0 Å². The minimum absolute atomic E-state index is 0. The Labute approximate surface area is 160 Å². The summed E-state index contributed by atoms with van der Waals surface area (Å²) < 4.78 is 2.28. The van der Waals surface area contributed by atoms with E-state index in [0.29, 0.717) is 0 Å². The van der Waals surface area contributed by atoms with E-state index in [0.717, 1.165) is 29.4 Å². The van der Waals surface area contributed by atoms with Gasteiger partial charge < -0.3 is 9.88 Å². The van der Waals surface area contributed by atoms with Crippen LogP contribution in [0.2, 0.25) is 0 Å². The van der Waals surface area contributed by atoms with Gasteiger partial charge in [0, 0.05) is 30.7 Å². The highest BCUT2D eigenvalue weighted by molar-refractivity contribution is 5.90. The van der Waals surface area contributed by atoms with E-state index in [1.165, 1.54) is 38.2 Å². The minimum Gasteiger partial charge on any atom is -0.354 e. The predicted molar refractivity (Wildman–Crippen MR) is 107 cm³/mol. The molecule has 1 fully saturated rings. The number of carbonyl (C=O) groups excluding carboxylic acids is 1. The number of anilines is 2. The van der Waals surface area contributed by atoms with E-state index in [2.05, 4.69) is 28.3 Å². The average Bonchev–Trinajstić information content (AvgIpc) is 3.08. The zero-order chi connectivity index (χ0) is 17.5. The smallest absolute Gasteiger partial charge is 0.267 e. The maximum atomic E-state index is 11.0. The number of nitrogens with one attached hydrogen (secondary N) is 2. The van der Waals surface area contributed by atoms with Crippen LogP contribution in [0.15, 0.2) is 48.8 Å². The molecule has 0 saturated heterocycles. The number of aromatic nitrogens is 1. The van der Waals surface area contributed by atoms with Crippen molar-refractivity contribution in [3.63, 3.8) is 0 Å². The Hall–Kier alpha value is -2.24. The van der Waals surface area contributed by atoms with E-state index in [1.54, 1.807) is 11.6 Å². The molecular weight excluding hydrogens is 350 g/mol. The Morgan fingerprint density at radius 2 is 1.85 bits per heavy atom. The molecule has 140 valence electrons. The van der Waals surface area contributed by atoms with Crippen LogP contribution in [-0.2, 0) is 11.3 Å².